The third kappa shape index (κ3) is 6.15. The van der Waals surface area contributed by atoms with Gasteiger partial charge in [0.1, 0.15) is 16.7 Å². The summed E-state index contributed by atoms with van der Waals surface area (Å²) in [5, 5.41) is 10.8. The van der Waals surface area contributed by atoms with Crippen LogP contribution in [0.15, 0.2) is 73.2 Å². The molecule has 2 aromatic carbocycles. The number of nitrogens with zero attached hydrogens (tertiary/aromatic N) is 2. The van der Waals surface area contributed by atoms with Crippen LogP contribution in [0.5, 0.6) is 5.75 Å². The number of para-hydroxylation sites is 1. The van der Waals surface area contributed by atoms with Crippen LogP contribution in [-0.4, -0.2) is 38.8 Å². The van der Waals surface area contributed by atoms with Crippen molar-refractivity contribution in [1.29, 1.82) is 0 Å². The van der Waals surface area contributed by atoms with Gasteiger partial charge in [0, 0.05) is 34.9 Å². The fourth-order valence-corrected chi connectivity index (χ4v) is 4.18. The zero-order chi connectivity index (χ0) is 27.3. The molecule has 0 bridgehead atoms. The molecule has 0 fully saturated rings. The van der Waals surface area contributed by atoms with Gasteiger partial charge < -0.3 is 20.6 Å². The van der Waals surface area contributed by atoms with Gasteiger partial charge >= 0.3 is 12.1 Å². The van der Waals surface area contributed by atoms with Crippen molar-refractivity contribution in [3.05, 3.63) is 83.9 Å². The number of aryl methyl sites for hydroxylation is 1. The Morgan fingerprint density at radius 2 is 1.79 bits per heavy atom. The van der Waals surface area contributed by atoms with Gasteiger partial charge in [-0.05, 0) is 53.6 Å². The summed E-state index contributed by atoms with van der Waals surface area (Å²) in [5.41, 5.74) is 10.4. The predicted molar refractivity (Wildman–Crippen MR) is 140 cm³/mol. The van der Waals surface area contributed by atoms with Crippen LogP contribution in [0.4, 0.5) is 19.0 Å². The maximum Gasteiger partial charge on any atom is 0.490 e. The molecule has 38 heavy (non-hydrogen) atoms. The number of hydrogen-bond donors (Lipinski definition) is 3. The molecule has 0 saturated heterocycles. The fourth-order valence-electron chi connectivity index (χ4n) is 3.95. The second-order valence-electron chi connectivity index (χ2n) is 8.22. The topological polar surface area (TPSA) is 114 Å². The van der Waals surface area contributed by atoms with Gasteiger partial charge in [-0.15, -0.1) is 0 Å². The van der Waals surface area contributed by atoms with Crippen molar-refractivity contribution in [3.8, 4) is 16.9 Å². The standard InChI is InChI=1S/C25H21ClN4O.C2HF3O2/c26-24-20-8-7-17(14-16(20)9-11-28-24)23-22(10-12-29-25(23)27)31-13-3-4-18-15-30-21-6-2-1-5-19(18)21;3-2(4,5)1(6)7/h1-2,5-12,14-15,30H,3-4,13H2,(H2,27,29);(H,6,7). The highest BCUT2D eigenvalue weighted by Gasteiger charge is 2.38. The van der Waals surface area contributed by atoms with Gasteiger partial charge in [0.2, 0.25) is 0 Å². The fraction of sp³-hybridized carbons (Fsp3) is 0.148. The van der Waals surface area contributed by atoms with Gasteiger partial charge in [-0.2, -0.15) is 13.2 Å². The monoisotopic (exact) mass is 542 g/mol. The number of halogens is 4. The SMILES string of the molecule is Nc1nccc(OCCCc2c[nH]c3ccccc23)c1-c1ccc2c(Cl)nccc2c1.O=C(O)C(F)(F)F. The third-order valence-electron chi connectivity index (χ3n) is 5.71. The molecule has 0 aliphatic rings. The maximum absolute atomic E-state index is 10.6. The van der Waals surface area contributed by atoms with E-state index >= 15 is 0 Å². The van der Waals surface area contributed by atoms with E-state index in [1.54, 1.807) is 12.4 Å². The minimum Gasteiger partial charge on any atom is -0.493 e. The zero-order valence-corrected chi connectivity index (χ0v) is 20.6. The number of nitrogen functional groups attached to an aromatic ring is 1. The first-order chi connectivity index (χ1) is 18.1. The van der Waals surface area contributed by atoms with Crippen LogP contribution in [0, 0.1) is 0 Å². The summed E-state index contributed by atoms with van der Waals surface area (Å²) in [5.74, 6) is -1.59. The number of aromatic amines is 1. The molecule has 0 unspecified atom stereocenters. The second kappa shape index (κ2) is 11.4. The van der Waals surface area contributed by atoms with Crippen LogP contribution in [0.25, 0.3) is 32.8 Å². The highest BCUT2D eigenvalue weighted by molar-refractivity contribution is 6.34. The molecule has 4 N–H and O–H groups in total. The molecule has 7 nitrogen and oxygen atoms in total. The van der Waals surface area contributed by atoms with Crippen LogP contribution in [-0.2, 0) is 11.2 Å². The van der Waals surface area contributed by atoms with Crippen molar-refractivity contribution in [2.24, 2.45) is 0 Å². The molecule has 3 aromatic heterocycles. The lowest BCUT2D eigenvalue weighted by molar-refractivity contribution is -0.192. The first kappa shape index (κ1) is 26.7. The zero-order valence-electron chi connectivity index (χ0n) is 19.8. The van der Waals surface area contributed by atoms with Crippen molar-refractivity contribution in [1.82, 2.24) is 15.0 Å². The molecule has 0 aliphatic carbocycles. The van der Waals surface area contributed by atoms with Gasteiger partial charge in [0.15, 0.2) is 0 Å². The number of carboxylic acids is 1. The number of hydrogen-bond acceptors (Lipinski definition) is 5. The van der Waals surface area contributed by atoms with Gasteiger partial charge in [0.05, 0.1) is 12.2 Å². The Bertz CT molecular complexity index is 1590. The van der Waals surface area contributed by atoms with E-state index in [2.05, 4.69) is 39.3 Å². The van der Waals surface area contributed by atoms with E-state index in [1.807, 2.05) is 36.4 Å². The highest BCUT2D eigenvalue weighted by atomic mass is 35.5. The summed E-state index contributed by atoms with van der Waals surface area (Å²) in [6.07, 6.45) is 2.19. The predicted octanol–water partition coefficient (Wildman–Crippen LogP) is 6.66. The summed E-state index contributed by atoms with van der Waals surface area (Å²) >= 11 is 6.21. The van der Waals surface area contributed by atoms with E-state index < -0.39 is 12.1 Å². The van der Waals surface area contributed by atoms with E-state index in [0.717, 1.165) is 46.0 Å². The Morgan fingerprint density at radius 1 is 1.05 bits per heavy atom. The van der Waals surface area contributed by atoms with Crippen LogP contribution in [0.3, 0.4) is 0 Å². The molecule has 5 aromatic rings. The van der Waals surface area contributed by atoms with Crippen molar-refractivity contribution < 1.29 is 27.8 Å². The molecular weight excluding hydrogens is 521 g/mol. The number of pyridine rings is 2. The van der Waals surface area contributed by atoms with Crippen LogP contribution < -0.4 is 10.5 Å². The van der Waals surface area contributed by atoms with E-state index in [9.17, 15) is 13.2 Å². The average molecular weight is 543 g/mol. The number of aliphatic carboxylic acids is 1. The summed E-state index contributed by atoms with van der Waals surface area (Å²) in [6.45, 7) is 0.583. The maximum atomic E-state index is 10.6. The summed E-state index contributed by atoms with van der Waals surface area (Å²) in [7, 11) is 0. The smallest absolute Gasteiger partial charge is 0.490 e. The number of anilines is 1. The third-order valence-corrected chi connectivity index (χ3v) is 6.01. The van der Waals surface area contributed by atoms with Gasteiger partial charge in [0.25, 0.3) is 0 Å². The van der Waals surface area contributed by atoms with Crippen molar-refractivity contribution >= 4 is 45.1 Å². The van der Waals surface area contributed by atoms with Gasteiger partial charge in [-0.25, -0.2) is 14.8 Å². The molecule has 196 valence electrons. The number of ether oxygens (including phenoxy) is 1. The molecule has 0 saturated carbocycles. The van der Waals surface area contributed by atoms with Crippen molar-refractivity contribution in [2.45, 2.75) is 19.0 Å². The first-order valence-corrected chi connectivity index (χ1v) is 11.8. The average Bonchev–Trinajstić information content (AvgIpc) is 3.29. The highest BCUT2D eigenvalue weighted by Crippen LogP contribution is 2.36. The number of carboxylic acid groups (broad SMARTS) is 1. The Kier molecular flexibility index (Phi) is 8.02. The molecule has 0 radical (unpaired) electrons. The quantitative estimate of drug-likeness (QED) is 0.163. The molecule has 0 aliphatic heterocycles. The first-order valence-electron chi connectivity index (χ1n) is 11.4. The largest absolute Gasteiger partial charge is 0.493 e. The number of nitrogens with two attached hydrogens (primary N) is 1. The number of fused-ring (bicyclic) bond motifs is 2. The summed E-state index contributed by atoms with van der Waals surface area (Å²) in [4.78, 5) is 20.6. The number of alkyl halides is 3. The summed E-state index contributed by atoms with van der Waals surface area (Å²) < 4.78 is 37.9. The normalized spacial score (nSPS) is 11.3. The Balaban J connectivity index is 0.000000426. The molecule has 11 heteroatoms. The minimum atomic E-state index is -5.08. The molecule has 0 atom stereocenters. The molecule has 0 amide bonds. The van der Waals surface area contributed by atoms with E-state index in [0.29, 0.717) is 17.6 Å². The lowest BCUT2D eigenvalue weighted by atomic mass is 10.0. The lowest BCUT2D eigenvalue weighted by Gasteiger charge is -2.14. The molecule has 0 spiro atoms. The van der Waals surface area contributed by atoms with Crippen molar-refractivity contribution in [2.75, 3.05) is 12.3 Å². The number of nitrogens with one attached hydrogen (secondary N) is 1. The number of aromatic nitrogens is 3. The number of H-pyrrole nitrogens is 1. The molecular formula is C27H22ClF3N4O3. The number of benzene rings is 2. The van der Waals surface area contributed by atoms with Gasteiger partial charge in [-0.3, -0.25) is 0 Å². The lowest BCUT2D eigenvalue weighted by Crippen LogP contribution is -2.21. The Morgan fingerprint density at radius 3 is 2.55 bits per heavy atom. The van der Waals surface area contributed by atoms with Gasteiger partial charge in [-0.1, -0.05) is 41.9 Å². The van der Waals surface area contributed by atoms with Crippen LogP contribution >= 0.6 is 11.6 Å². The van der Waals surface area contributed by atoms with Crippen molar-refractivity contribution in [3.63, 3.8) is 0 Å². The molecule has 5 rings (SSSR count). The molecule has 3 heterocycles. The Labute approximate surface area is 220 Å². The van der Waals surface area contributed by atoms with E-state index in [4.69, 9.17) is 32.0 Å². The number of rotatable bonds is 6. The second-order valence-corrected chi connectivity index (χ2v) is 8.58. The Hall–Kier alpha value is -4.31. The summed E-state index contributed by atoms with van der Waals surface area (Å²) in [6, 6.07) is 18.1. The van der Waals surface area contributed by atoms with Crippen LogP contribution in [0.2, 0.25) is 5.15 Å². The number of carbonyl (C=O) groups is 1. The minimum absolute atomic E-state index is 0.439. The van der Waals surface area contributed by atoms with E-state index in [-0.39, 0.29) is 0 Å². The van der Waals surface area contributed by atoms with Crippen LogP contribution in [0.1, 0.15) is 12.0 Å². The van der Waals surface area contributed by atoms with E-state index in [1.165, 1.54) is 10.9 Å².